The monoisotopic (exact) mass is 440 g/mol. The normalized spacial score (nSPS) is 11.0. The van der Waals surface area contributed by atoms with E-state index in [1.54, 1.807) is 37.3 Å². The molecule has 0 amide bonds. The van der Waals surface area contributed by atoms with Gasteiger partial charge in [-0.3, -0.25) is 0 Å². The lowest BCUT2D eigenvalue weighted by Crippen LogP contribution is -2.02. The Bertz CT molecular complexity index is 1010. The van der Waals surface area contributed by atoms with E-state index >= 15 is 0 Å². The summed E-state index contributed by atoms with van der Waals surface area (Å²) < 4.78 is 48.3. The second kappa shape index (κ2) is 11.8. The van der Waals surface area contributed by atoms with Crippen LogP contribution in [0.1, 0.15) is 55.7 Å². The summed E-state index contributed by atoms with van der Waals surface area (Å²) in [6, 6.07) is 15.7. The lowest BCUT2D eigenvalue weighted by atomic mass is 9.99. The summed E-state index contributed by atoms with van der Waals surface area (Å²) in [6.45, 7) is 4.28. The van der Waals surface area contributed by atoms with Crippen LogP contribution in [0.5, 0.6) is 5.75 Å². The van der Waals surface area contributed by atoms with Gasteiger partial charge in [-0.1, -0.05) is 69.0 Å². The molecule has 0 saturated carbocycles. The average Bonchev–Trinajstić information content (AvgIpc) is 2.80. The fraction of sp³-hybridized carbons (Fsp3) is 0.357. The van der Waals surface area contributed by atoms with Gasteiger partial charge in [0, 0.05) is 5.56 Å². The van der Waals surface area contributed by atoms with Gasteiger partial charge in [-0.05, 0) is 66.6 Å². The molecule has 32 heavy (non-hydrogen) atoms. The molecule has 4 heteroatoms. The predicted molar refractivity (Wildman–Crippen MR) is 125 cm³/mol. The topological polar surface area (TPSA) is 9.23 Å². The van der Waals surface area contributed by atoms with Gasteiger partial charge in [0.05, 0.1) is 6.61 Å². The molecule has 3 aromatic rings. The molecule has 0 aliphatic heterocycles. The number of hydrogen-bond acceptors (Lipinski definition) is 1. The van der Waals surface area contributed by atoms with E-state index < -0.39 is 11.6 Å². The highest BCUT2D eigenvalue weighted by molar-refractivity contribution is 5.65. The van der Waals surface area contributed by atoms with E-state index in [9.17, 15) is 13.2 Å². The number of ether oxygens (including phenoxy) is 1. The van der Waals surface area contributed by atoms with E-state index in [4.69, 9.17) is 4.74 Å². The van der Waals surface area contributed by atoms with Crippen LogP contribution in [0.3, 0.4) is 0 Å². The molecule has 0 aromatic heterocycles. The van der Waals surface area contributed by atoms with Gasteiger partial charge in [0.15, 0.2) is 11.6 Å². The van der Waals surface area contributed by atoms with Crippen molar-refractivity contribution in [3.63, 3.8) is 0 Å². The predicted octanol–water partition coefficient (Wildman–Crippen LogP) is 8.21. The molecule has 0 unspecified atom stereocenters. The van der Waals surface area contributed by atoms with E-state index in [1.165, 1.54) is 12.5 Å². The molecule has 0 fully saturated rings. The third kappa shape index (κ3) is 6.38. The van der Waals surface area contributed by atoms with Gasteiger partial charge < -0.3 is 4.74 Å². The maximum Gasteiger partial charge on any atom is 0.201 e. The second-order valence-corrected chi connectivity index (χ2v) is 8.28. The number of unbranched alkanes of at least 4 members (excludes halogenated alkanes) is 4. The summed E-state index contributed by atoms with van der Waals surface area (Å²) in [6.07, 6.45) is 6.79. The largest absolute Gasteiger partial charge is 0.490 e. The van der Waals surface area contributed by atoms with Gasteiger partial charge in [0.2, 0.25) is 5.82 Å². The van der Waals surface area contributed by atoms with E-state index in [1.807, 2.05) is 18.2 Å². The summed E-state index contributed by atoms with van der Waals surface area (Å²) in [5.41, 5.74) is 3.45. The molecular formula is C28H31F3O. The van der Waals surface area contributed by atoms with E-state index in [0.717, 1.165) is 43.2 Å². The van der Waals surface area contributed by atoms with Crippen molar-refractivity contribution in [3.8, 4) is 16.9 Å². The Kier molecular flexibility index (Phi) is 8.78. The van der Waals surface area contributed by atoms with Crippen LogP contribution in [0.15, 0.2) is 54.6 Å². The summed E-state index contributed by atoms with van der Waals surface area (Å²) >= 11 is 0. The fourth-order valence-electron chi connectivity index (χ4n) is 3.69. The lowest BCUT2D eigenvalue weighted by molar-refractivity contribution is 0.285. The van der Waals surface area contributed by atoms with Crippen LogP contribution >= 0.6 is 0 Å². The van der Waals surface area contributed by atoms with Crippen molar-refractivity contribution in [3.05, 3.63) is 88.7 Å². The van der Waals surface area contributed by atoms with Crippen LogP contribution in [-0.2, 0) is 12.8 Å². The van der Waals surface area contributed by atoms with Crippen molar-refractivity contribution in [2.45, 2.75) is 58.8 Å². The molecular weight excluding hydrogens is 409 g/mol. The zero-order chi connectivity index (χ0) is 22.9. The standard InChI is InChI=1S/C28H31F3O/c1-3-4-5-6-7-18-32-26-17-16-24(27(30)28(26)31)23-14-12-21(13-15-23)10-11-22-9-8-20(2)25(29)19-22/h8-9,12-17,19H,3-7,10-11,18H2,1-2H3. The minimum atomic E-state index is -0.943. The third-order valence-electron chi connectivity index (χ3n) is 5.76. The van der Waals surface area contributed by atoms with Crippen molar-refractivity contribution < 1.29 is 17.9 Å². The Morgan fingerprint density at radius 1 is 0.719 bits per heavy atom. The molecule has 170 valence electrons. The zero-order valence-corrected chi connectivity index (χ0v) is 18.9. The first-order valence-corrected chi connectivity index (χ1v) is 11.4. The molecule has 0 heterocycles. The molecule has 0 saturated heterocycles. The maximum absolute atomic E-state index is 14.7. The van der Waals surface area contributed by atoms with Gasteiger partial charge >= 0.3 is 0 Å². The summed E-state index contributed by atoms with van der Waals surface area (Å²) in [5.74, 6) is -2.07. The Morgan fingerprint density at radius 2 is 1.41 bits per heavy atom. The SMILES string of the molecule is CCCCCCCOc1ccc(-c2ccc(CCc3ccc(C)c(F)c3)cc2)c(F)c1F. The highest BCUT2D eigenvalue weighted by Gasteiger charge is 2.16. The van der Waals surface area contributed by atoms with Crippen LogP contribution in [-0.4, -0.2) is 6.61 Å². The van der Waals surface area contributed by atoms with Crippen molar-refractivity contribution in [2.75, 3.05) is 6.61 Å². The van der Waals surface area contributed by atoms with Crippen molar-refractivity contribution in [2.24, 2.45) is 0 Å². The van der Waals surface area contributed by atoms with E-state index in [2.05, 4.69) is 6.92 Å². The van der Waals surface area contributed by atoms with Gasteiger partial charge in [0.25, 0.3) is 0 Å². The van der Waals surface area contributed by atoms with Crippen molar-refractivity contribution in [1.82, 2.24) is 0 Å². The maximum atomic E-state index is 14.7. The van der Waals surface area contributed by atoms with Crippen molar-refractivity contribution >= 4 is 0 Å². The molecule has 0 atom stereocenters. The number of aryl methyl sites for hydroxylation is 3. The summed E-state index contributed by atoms with van der Waals surface area (Å²) in [5, 5.41) is 0. The fourth-order valence-corrected chi connectivity index (χ4v) is 3.69. The quantitative estimate of drug-likeness (QED) is 0.273. The van der Waals surface area contributed by atoms with E-state index in [-0.39, 0.29) is 17.1 Å². The highest BCUT2D eigenvalue weighted by Crippen LogP contribution is 2.30. The molecule has 0 N–H and O–H groups in total. The van der Waals surface area contributed by atoms with Crippen molar-refractivity contribution in [1.29, 1.82) is 0 Å². The molecule has 3 aromatic carbocycles. The molecule has 0 spiro atoms. The number of hydrogen-bond donors (Lipinski definition) is 0. The summed E-state index contributed by atoms with van der Waals surface area (Å²) in [4.78, 5) is 0. The number of rotatable bonds is 11. The Labute approximate surface area is 189 Å². The minimum Gasteiger partial charge on any atom is -0.490 e. The molecule has 0 aliphatic carbocycles. The van der Waals surface area contributed by atoms with Crippen LogP contribution in [0, 0.1) is 24.4 Å². The molecule has 0 aliphatic rings. The first-order chi connectivity index (χ1) is 15.5. The Hall–Kier alpha value is -2.75. The third-order valence-corrected chi connectivity index (χ3v) is 5.76. The Morgan fingerprint density at radius 3 is 2.12 bits per heavy atom. The van der Waals surface area contributed by atoms with Gasteiger partial charge in [-0.25, -0.2) is 8.78 Å². The van der Waals surface area contributed by atoms with Crippen LogP contribution in [0.25, 0.3) is 11.1 Å². The Balaban J connectivity index is 1.60. The molecule has 3 rings (SSSR count). The summed E-state index contributed by atoms with van der Waals surface area (Å²) in [7, 11) is 0. The molecule has 0 bridgehead atoms. The number of halogens is 3. The first-order valence-electron chi connectivity index (χ1n) is 11.4. The minimum absolute atomic E-state index is 0.0382. The highest BCUT2D eigenvalue weighted by atomic mass is 19.2. The number of benzene rings is 3. The van der Waals surface area contributed by atoms with Gasteiger partial charge in [0.1, 0.15) is 5.82 Å². The lowest BCUT2D eigenvalue weighted by Gasteiger charge is -2.11. The second-order valence-electron chi connectivity index (χ2n) is 8.28. The smallest absolute Gasteiger partial charge is 0.201 e. The van der Waals surface area contributed by atoms with E-state index in [0.29, 0.717) is 24.2 Å². The van der Waals surface area contributed by atoms with Crippen LogP contribution < -0.4 is 4.74 Å². The van der Waals surface area contributed by atoms with Gasteiger partial charge in [-0.2, -0.15) is 4.39 Å². The average molecular weight is 441 g/mol. The first kappa shape index (κ1) is 23.9. The van der Waals surface area contributed by atoms with Gasteiger partial charge in [-0.15, -0.1) is 0 Å². The van der Waals surface area contributed by atoms with Crippen LogP contribution in [0.4, 0.5) is 13.2 Å². The molecule has 0 radical (unpaired) electrons. The zero-order valence-electron chi connectivity index (χ0n) is 18.9. The molecule has 1 nitrogen and oxygen atoms in total. The van der Waals surface area contributed by atoms with Crippen LogP contribution in [0.2, 0.25) is 0 Å².